The molecule has 51 heavy (non-hydrogen) atoms. The van der Waals surface area contributed by atoms with Crippen LogP contribution in [-0.4, -0.2) is 24.1 Å². The largest absolute Gasteiger partial charge is 0.456 e. The van der Waals surface area contributed by atoms with Crippen molar-refractivity contribution in [1.29, 1.82) is 0 Å². The molecule has 0 fully saturated rings. The molecule has 0 spiro atoms. The summed E-state index contributed by atoms with van der Waals surface area (Å²) >= 11 is 0. The standard InChI is InChI=1S/C45H27N5O/c1-4-14-28(15-5-1)43-46-44(29-16-6-2-7-17-29)48-45(47-43)50-36-22-12-10-21-33(36)41-37(50)25-24-32-34-27-40-35(31-20-11-13-23-39(31)51-40)26-38(34)49(42(32)41)30-18-8-3-9-19-30/h1-27H. The van der Waals surface area contributed by atoms with Gasteiger partial charge in [0.2, 0.25) is 5.95 Å². The van der Waals surface area contributed by atoms with E-state index in [1.165, 1.54) is 0 Å². The molecule has 0 N–H and O–H groups in total. The van der Waals surface area contributed by atoms with Crippen LogP contribution in [0.2, 0.25) is 0 Å². The minimum absolute atomic E-state index is 0.569. The van der Waals surface area contributed by atoms with Crippen LogP contribution >= 0.6 is 0 Å². The van der Waals surface area contributed by atoms with E-state index in [9.17, 15) is 0 Å². The van der Waals surface area contributed by atoms with Crippen LogP contribution in [0.15, 0.2) is 168 Å². The van der Waals surface area contributed by atoms with Gasteiger partial charge in [0.25, 0.3) is 0 Å². The maximum atomic E-state index is 6.40. The number of rotatable bonds is 4. The molecule has 0 aliphatic rings. The normalized spacial score (nSPS) is 11.9. The lowest BCUT2D eigenvalue weighted by atomic mass is 10.1. The number of fused-ring (bicyclic) bond motifs is 10. The van der Waals surface area contributed by atoms with Crippen molar-refractivity contribution in [2.24, 2.45) is 0 Å². The Morgan fingerprint density at radius 1 is 0.392 bits per heavy atom. The van der Waals surface area contributed by atoms with E-state index in [1.54, 1.807) is 0 Å². The maximum Gasteiger partial charge on any atom is 0.238 e. The summed E-state index contributed by atoms with van der Waals surface area (Å²) in [5.74, 6) is 1.82. The van der Waals surface area contributed by atoms with Gasteiger partial charge in [0, 0.05) is 49.1 Å². The summed E-state index contributed by atoms with van der Waals surface area (Å²) in [4.78, 5) is 15.3. The molecule has 0 aliphatic carbocycles. The molecule has 4 aromatic heterocycles. The quantitative estimate of drug-likeness (QED) is 0.190. The highest BCUT2D eigenvalue weighted by atomic mass is 16.3. The molecule has 11 aromatic rings. The van der Waals surface area contributed by atoms with E-state index in [0.717, 1.165) is 82.4 Å². The Morgan fingerprint density at radius 3 is 1.75 bits per heavy atom. The summed E-state index contributed by atoms with van der Waals surface area (Å²) < 4.78 is 11.0. The molecule has 7 aromatic carbocycles. The highest BCUT2D eigenvalue weighted by Crippen LogP contribution is 2.44. The highest BCUT2D eigenvalue weighted by Gasteiger charge is 2.24. The maximum absolute atomic E-state index is 6.40. The molecule has 0 saturated heterocycles. The van der Waals surface area contributed by atoms with Gasteiger partial charge in [-0.1, -0.05) is 121 Å². The Kier molecular flexibility index (Phi) is 5.86. The number of benzene rings is 7. The lowest BCUT2D eigenvalue weighted by Crippen LogP contribution is -2.06. The average molecular weight is 654 g/mol. The van der Waals surface area contributed by atoms with E-state index >= 15 is 0 Å². The van der Waals surface area contributed by atoms with Gasteiger partial charge in [-0.25, -0.2) is 4.98 Å². The average Bonchev–Trinajstić information content (AvgIpc) is 3.85. The Bertz CT molecular complexity index is 3060. The predicted molar refractivity (Wildman–Crippen MR) is 207 cm³/mol. The predicted octanol–water partition coefficient (Wildman–Crippen LogP) is 11.3. The summed E-state index contributed by atoms with van der Waals surface area (Å²) in [7, 11) is 0. The molecule has 0 unspecified atom stereocenters. The van der Waals surface area contributed by atoms with Crippen LogP contribution < -0.4 is 0 Å². The molecular formula is C45H27N5O. The third-order valence-electron chi connectivity index (χ3n) is 9.96. The van der Waals surface area contributed by atoms with Gasteiger partial charge in [0.1, 0.15) is 11.2 Å². The van der Waals surface area contributed by atoms with E-state index in [1.807, 2.05) is 72.8 Å². The smallest absolute Gasteiger partial charge is 0.238 e. The van der Waals surface area contributed by atoms with E-state index in [4.69, 9.17) is 19.4 Å². The molecule has 6 nitrogen and oxygen atoms in total. The summed E-state index contributed by atoms with van der Waals surface area (Å²) in [6.45, 7) is 0. The van der Waals surface area contributed by atoms with Crippen LogP contribution in [0.5, 0.6) is 0 Å². The molecular weight excluding hydrogens is 627 g/mol. The number of nitrogens with zero attached hydrogens (tertiary/aromatic N) is 5. The van der Waals surface area contributed by atoms with E-state index in [0.29, 0.717) is 17.6 Å². The third-order valence-corrected chi connectivity index (χ3v) is 9.96. The Hall–Kier alpha value is -7.05. The molecule has 0 saturated carbocycles. The molecule has 0 atom stereocenters. The van der Waals surface area contributed by atoms with Crippen molar-refractivity contribution in [3.8, 4) is 34.4 Å². The van der Waals surface area contributed by atoms with E-state index in [-0.39, 0.29) is 0 Å². The van der Waals surface area contributed by atoms with Gasteiger partial charge in [-0.3, -0.25) is 4.57 Å². The molecule has 0 bridgehead atoms. The molecule has 4 heterocycles. The van der Waals surface area contributed by atoms with Crippen LogP contribution in [0.4, 0.5) is 0 Å². The molecule has 0 aliphatic heterocycles. The first kappa shape index (κ1) is 27.9. The SMILES string of the molecule is c1ccc(-c2nc(-c3ccccc3)nc(-n3c4ccccc4c4c3ccc3c5cc6oc7ccccc7c6cc5n(-c5ccccc5)c34)n2)cc1. The zero-order valence-corrected chi connectivity index (χ0v) is 27.2. The van der Waals surface area contributed by atoms with Crippen LogP contribution in [0.25, 0.3) is 100.0 Å². The fourth-order valence-electron chi connectivity index (χ4n) is 7.73. The van der Waals surface area contributed by atoms with Crippen LogP contribution in [0.1, 0.15) is 0 Å². The van der Waals surface area contributed by atoms with Crippen LogP contribution in [0.3, 0.4) is 0 Å². The second kappa shape index (κ2) is 10.7. The number of para-hydroxylation sites is 3. The summed E-state index contributed by atoms with van der Waals surface area (Å²) in [6, 6.07) is 56.6. The van der Waals surface area contributed by atoms with Crippen molar-refractivity contribution in [2.45, 2.75) is 0 Å². The second-order valence-corrected chi connectivity index (χ2v) is 12.9. The first-order chi connectivity index (χ1) is 25.3. The zero-order chi connectivity index (χ0) is 33.5. The van der Waals surface area contributed by atoms with Crippen molar-refractivity contribution < 1.29 is 4.42 Å². The number of hydrogen-bond acceptors (Lipinski definition) is 4. The van der Waals surface area contributed by atoms with Gasteiger partial charge < -0.3 is 8.98 Å². The second-order valence-electron chi connectivity index (χ2n) is 12.9. The van der Waals surface area contributed by atoms with Crippen molar-refractivity contribution in [3.63, 3.8) is 0 Å². The zero-order valence-electron chi connectivity index (χ0n) is 27.2. The van der Waals surface area contributed by atoms with E-state index < -0.39 is 0 Å². The van der Waals surface area contributed by atoms with Crippen LogP contribution in [0, 0.1) is 0 Å². The number of hydrogen-bond donors (Lipinski definition) is 0. The Labute approximate surface area is 291 Å². The molecule has 6 heteroatoms. The lowest BCUT2D eigenvalue weighted by molar-refractivity contribution is 0.669. The topological polar surface area (TPSA) is 61.7 Å². The fraction of sp³-hybridized carbons (Fsp3) is 0. The van der Waals surface area contributed by atoms with E-state index in [2.05, 4.69) is 100 Å². The molecule has 0 radical (unpaired) electrons. The summed E-state index contributed by atoms with van der Waals surface area (Å²) in [5.41, 5.74) is 9.01. The van der Waals surface area contributed by atoms with Crippen molar-refractivity contribution >= 4 is 65.6 Å². The van der Waals surface area contributed by atoms with Gasteiger partial charge in [-0.05, 0) is 42.5 Å². The number of furan rings is 1. The van der Waals surface area contributed by atoms with Gasteiger partial charge in [-0.2, -0.15) is 9.97 Å². The van der Waals surface area contributed by atoms with Gasteiger partial charge in [0.05, 0.1) is 22.1 Å². The van der Waals surface area contributed by atoms with Crippen molar-refractivity contribution in [2.75, 3.05) is 0 Å². The van der Waals surface area contributed by atoms with Crippen molar-refractivity contribution in [3.05, 3.63) is 164 Å². The van der Waals surface area contributed by atoms with Crippen molar-refractivity contribution in [1.82, 2.24) is 24.1 Å². The monoisotopic (exact) mass is 653 g/mol. The Morgan fingerprint density at radius 2 is 1.02 bits per heavy atom. The first-order valence-electron chi connectivity index (χ1n) is 17.0. The Balaban J connectivity index is 1.29. The third kappa shape index (κ3) is 4.14. The number of aromatic nitrogens is 5. The van der Waals surface area contributed by atoms with Gasteiger partial charge in [-0.15, -0.1) is 0 Å². The molecule has 0 amide bonds. The molecule has 11 rings (SSSR count). The lowest BCUT2D eigenvalue weighted by Gasteiger charge is -2.11. The minimum Gasteiger partial charge on any atom is -0.456 e. The molecule has 238 valence electrons. The minimum atomic E-state index is 0.569. The summed E-state index contributed by atoms with van der Waals surface area (Å²) in [5, 5.41) is 6.75. The van der Waals surface area contributed by atoms with Crippen LogP contribution in [-0.2, 0) is 0 Å². The summed E-state index contributed by atoms with van der Waals surface area (Å²) in [6.07, 6.45) is 0. The fourth-order valence-corrected chi connectivity index (χ4v) is 7.73. The first-order valence-corrected chi connectivity index (χ1v) is 17.0. The highest BCUT2D eigenvalue weighted by molar-refractivity contribution is 6.27. The van der Waals surface area contributed by atoms with Gasteiger partial charge >= 0.3 is 0 Å². The van der Waals surface area contributed by atoms with Gasteiger partial charge in [0.15, 0.2) is 11.6 Å².